The topological polar surface area (TPSA) is 62.5 Å². The van der Waals surface area contributed by atoms with Gasteiger partial charge in [0.15, 0.2) is 0 Å². The van der Waals surface area contributed by atoms with Crippen molar-refractivity contribution >= 4 is 17.6 Å². The Labute approximate surface area is 122 Å². The fraction of sp³-hybridized carbons (Fsp3) is 0.267. The third-order valence-electron chi connectivity index (χ3n) is 3.12. The van der Waals surface area contributed by atoms with Crippen LogP contribution in [0.2, 0.25) is 5.02 Å². The normalized spacial score (nSPS) is 12.3. The van der Waals surface area contributed by atoms with Crippen LogP contribution in [0.3, 0.4) is 0 Å². The summed E-state index contributed by atoms with van der Waals surface area (Å²) >= 11 is 6.13. The summed E-state index contributed by atoms with van der Waals surface area (Å²) in [4.78, 5) is 10.9. The van der Waals surface area contributed by atoms with Crippen LogP contribution < -0.4 is 5.32 Å². The number of hydrogen-bond acceptors (Lipinski definition) is 3. The van der Waals surface area contributed by atoms with E-state index >= 15 is 0 Å². The summed E-state index contributed by atoms with van der Waals surface area (Å²) in [6.45, 7) is 4.16. The van der Waals surface area contributed by atoms with Crippen molar-refractivity contribution in [3.05, 3.63) is 58.0 Å². The van der Waals surface area contributed by atoms with Gasteiger partial charge in [-0.15, -0.1) is 0 Å². The molecule has 1 heterocycles. The zero-order chi connectivity index (χ0) is 14.7. The van der Waals surface area contributed by atoms with Gasteiger partial charge in [0.25, 0.3) is 0 Å². The lowest BCUT2D eigenvalue weighted by Crippen LogP contribution is -2.18. The Morgan fingerprint density at radius 1 is 1.45 bits per heavy atom. The molecule has 0 aliphatic heterocycles. The molecule has 1 aromatic carbocycles. The number of aromatic carboxylic acids is 1. The molecule has 0 aliphatic carbocycles. The van der Waals surface area contributed by atoms with Crippen molar-refractivity contribution in [2.24, 2.45) is 0 Å². The monoisotopic (exact) mass is 293 g/mol. The van der Waals surface area contributed by atoms with E-state index in [1.165, 1.54) is 0 Å². The highest BCUT2D eigenvalue weighted by Gasteiger charge is 2.15. The number of furan rings is 1. The molecule has 0 amide bonds. The Morgan fingerprint density at radius 2 is 2.15 bits per heavy atom. The minimum Gasteiger partial charge on any atom is -0.475 e. The fourth-order valence-corrected chi connectivity index (χ4v) is 2.34. The van der Waals surface area contributed by atoms with Gasteiger partial charge in [0.2, 0.25) is 5.76 Å². The van der Waals surface area contributed by atoms with Gasteiger partial charge in [-0.2, -0.15) is 0 Å². The molecule has 0 saturated carbocycles. The summed E-state index contributed by atoms with van der Waals surface area (Å²) in [5.74, 6) is -0.459. The number of hydrogen-bond donors (Lipinski definition) is 2. The molecule has 2 N–H and O–H groups in total. The first-order chi connectivity index (χ1) is 9.49. The Bertz CT molecular complexity index is 621. The zero-order valence-electron chi connectivity index (χ0n) is 11.3. The molecule has 106 valence electrons. The summed E-state index contributed by atoms with van der Waals surface area (Å²) < 4.78 is 5.30. The van der Waals surface area contributed by atoms with Gasteiger partial charge < -0.3 is 14.8 Å². The Kier molecular flexibility index (Phi) is 4.47. The molecular formula is C15H16ClNO3. The van der Waals surface area contributed by atoms with E-state index in [4.69, 9.17) is 21.1 Å². The van der Waals surface area contributed by atoms with Crippen LogP contribution >= 0.6 is 11.6 Å². The molecule has 0 bridgehead atoms. The largest absolute Gasteiger partial charge is 0.475 e. The standard InChI is InChI=1S/C15H16ClNO3/c1-9-7-11(20-14(9)15(18)19)8-17-10(2)12-5-3-4-6-13(12)16/h3-7,10,17H,8H2,1-2H3,(H,18,19)/t10-/m0/s1. The van der Waals surface area contributed by atoms with E-state index in [0.29, 0.717) is 22.9 Å². The highest BCUT2D eigenvalue weighted by molar-refractivity contribution is 6.31. The lowest BCUT2D eigenvalue weighted by molar-refractivity contribution is 0.0659. The van der Waals surface area contributed by atoms with E-state index in [-0.39, 0.29) is 11.8 Å². The molecule has 0 spiro atoms. The van der Waals surface area contributed by atoms with Gasteiger partial charge in [-0.05, 0) is 31.5 Å². The van der Waals surface area contributed by atoms with Gasteiger partial charge in [-0.25, -0.2) is 4.79 Å². The second kappa shape index (κ2) is 6.11. The van der Waals surface area contributed by atoms with Crippen LogP contribution in [0.25, 0.3) is 0 Å². The maximum Gasteiger partial charge on any atom is 0.372 e. The minimum atomic E-state index is -1.05. The molecular weight excluding hydrogens is 278 g/mol. The number of carboxylic acid groups (broad SMARTS) is 1. The Hall–Kier alpha value is -1.78. The SMILES string of the molecule is Cc1cc(CN[C@@H](C)c2ccccc2Cl)oc1C(=O)O. The number of benzene rings is 1. The third-order valence-corrected chi connectivity index (χ3v) is 3.46. The summed E-state index contributed by atoms with van der Waals surface area (Å²) in [6.07, 6.45) is 0. The van der Waals surface area contributed by atoms with E-state index in [0.717, 1.165) is 5.56 Å². The maximum absolute atomic E-state index is 10.9. The minimum absolute atomic E-state index is 0.00723. The van der Waals surface area contributed by atoms with Crippen LogP contribution in [0.5, 0.6) is 0 Å². The number of aryl methyl sites for hydroxylation is 1. The van der Waals surface area contributed by atoms with E-state index in [9.17, 15) is 4.79 Å². The molecule has 2 rings (SSSR count). The van der Waals surface area contributed by atoms with E-state index in [1.54, 1.807) is 13.0 Å². The summed E-state index contributed by atoms with van der Waals surface area (Å²) in [5.41, 5.74) is 1.62. The second-order valence-electron chi connectivity index (χ2n) is 4.65. The van der Waals surface area contributed by atoms with Crippen LogP contribution in [0.15, 0.2) is 34.7 Å². The fourth-order valence-electron chi connectivity index (χ4n) is 2.04. The van der Waals surface area contributed by atoms with Gasteiger partial charge in [-0.1, -0.05) is 29.8 Å². The quantitative estimate of drug-likeness (QED) is 0.880. The first-order valence-electron chi connectivity index (χ1n) is 6.29. The van der Waals surface area contributed by atoms with Gasteiger partial charge >= 0.3 is 5.97 Å². The zero-order valence-corrected chi connectivity index (χ0v) is 12.1. The summed E-state index contributed by atoms with van der Waals surface area (Å²) in [6, 6.07) is 9.38. The average Bonchev–Trinajstić information content (AvgIpc) is 2.78. The lowest BCUT2D eigenvalue weighted by Gasteiger charge is -2.14. The summed E-state index contributed by atoms with van der Waals surface area (Å²) in [7, 11) is 0. The first-order valence-corrected chi connectivity index (χ1v) is 6.67. The van der Waals surface area contributed by atoms with Crippen LogP contribution in [0.1, 0.15) is 40.4 Å². The Morgan fingerprint density at radius 3 is 2.75 bits per heavy atom. The third kappa shape index (κ3) is 3.21. The maximum atomic E-state index is 10.9. The molecule has 5 heteroatoms. The van der Waals surface area contributed by atoms with Gasteiger partial charge in [-0.3, -0.25) is 0 Å². The highest BCUT2D eigenvalue weighted by atomic mass is 35.5. The van der Waals surface area contributed by atoms with Crippen LogP contribution in [-0.2, 0) is 6.54 Å². The van der Waals surface area contributed by atoms with Crippen molar-refractivity contribution in [3.63, 3.8) is 0 Å². The number of carboxylic acids is 1. The van der Waals surface area contributed by atoms with E-state index < -0.39 is 5.97 Å². The molecule has 2 aromatic rings. The number of carbonyl (C=O) groups is 1. The summed E-state index contributed by atoms with van der Waals surface area (Å²) in [5, 5.41) is 12.9. The van der Waals surface area contributed by atoms with Gasteiger partial charge in [0.1, 0.15) is 5.76 Å². The molecule has 0 unspecified atom stereocenters. The predicted molar refractivity (Wildman–Crippen MR) is 77.1 cm³/mol. The van der Waals surface area contributed by atoms with Crippen molar-refractivity contribution in [1.82, 2.24) is 5.32 Å². The average molecular weight is 294 g/mol. The van der Waals surface area contributed by atoms with Crippen molar-refractivity contribution in [1.29, 1.82) is 0 Å². The Balaban J connectivity index is 2.04. The number of rotatable bonds is 5. The molecule has 0 radical (unpaired) electrons. The molecule has 0 fully saturated rings. The highest BCUT2D eigenvalue weighted by Crippen LogP contribution is 2.23. The van der Waals surface area contributed by atoms with Crippen molar-refractivity contribution < 1.29 is 14.3 Å². The van der Waals surface area contributed by atoms with Crippen LogP contribution in [0.4, 0.5) is 0 Å². The smallest absolute Gasteiger partial charge is 0.372 e. The van der Waals surface area contributed by atoms with Crippen molar-refractivity contribution in [2.45, 2.75) is 26.4 Å². The molecule has 20 heavy (non-hydrogen) atoms. The lowest BCUT2D eigenvalue weighted by atomic mass is 10.1. The molecule has 1 aromatic heterocycles. The first kappa shape index (κ1) is 14.6. The molecule has 1 atom stereocenters. The van der Waals surface area contributed by atoms with Crippen LogP contribution in [-0.4, -0.2) is 11.1 Å². The van der Waals surface area contributed by atoms with E-state index in [1.807, 2.05) is 31.2 Å². The van der Waals surface area contributed by atoms with Gasteiger partial charge in [0.05, 0.1) is 6.54 Å². The predicted octanol–water partition coefficient (Wildman–Crippen LogP) is 3.79. The number of halogens is 1. The van der Waals surface area contributed by atoms with Gasteiger partial charge in [0, 0.05) is 16.6 Å². The van der Waals surface area contributed by atoms with Crippen molar-refractivity contribution in [2.75, 3.05) is 0 Å². The number of nitrogens with one attached hydrogen (secondary N) is 1. The molecule has 0 saturated heterocycles. The van der Waals surface area contributed by atoms with Crippen LogP contribution in [0, 0.1) is 6.92 Å². The molecule has 0 aliphatic rings. The van der Waals surface area contributed by atoms with Crippen molar-refractivity contribution in [3.8, 4) is 0 Å². The van der Waals surface area contributed by atoms with E-state index in [2.05, 4.69) is 5.32 Å². The second-order valence-corrected chi connectivity index (χ2v) is 5.06. The molecule has 4 nitrogen and oxygen atoms in total.